The highest BCUT2D eigenvalue weighted by molar-refractivity contribution is 5.79. The zero-order valence-electron chi connectivity index (χ0n) is 15.3. The van der Waals surface area contributed by atoms with Crippen LogP contribution < -0.4 is 10.2 Å². The minimum absolute atomic E-state index is 0.00823. The lowest BCUT2D eigenvalue weighted by atomic mass is 9.97. The van der Waals surface area contributed by atoms with E-state index in [0.29, 0.717) is 6.54 Å². The molecule has 1 aromatic carbocycles. The predicted octanol–water partition coefficient (Wildman–Crippen LogP) is 2.09. The van der Waals surface area contributed by atoms with Gasteiger partial charge in [0.25, 0.3) is 0 Å². The largest absolute Gasteiger partial charge is 0.356 e. The SMILES string of the molecule is O=C(NCCCc1ccccc1)[C@H]1CCCN(c2ccc3nncn3n2)C1. The molecule has 4 rings (SSSR count). The van der Waals surface area contributed by atoms with Crippen LogP contribution in [0, 0.1) is 5.92 Å². The van der Waals surface area contributed by atoms with E-state index < -0.39 is 0 Å². The van der Waals surface area contributed by atoms with Crippen LogP contribution in [0.25, 0.3) is 5.65 Å². The predicted molar refractivity (Wildman–Crippen MR) is 103 cm³/mol. The van der Waals surface area contributed by atoms with Crippen LogP contribution in [0.3, 0.4) is 0 Å². The van der Waals surface area contributed by atoms with E-state index in [2.05, 4.69) is 49.8 Å². The number of piperidine rings is 1. The molecule has 1 aliphatic rings. The number of carbonyl (C=O) groups excluding carboxylic acids is 1. The monoisotopic (exact) mass is 364 g/mol. The molecule has 1 amide bonds. The van der Waals surface area contributed by atoms with Gasteiger partial charge >= 0.3 is 0 Å². The van der Waals surface area contributed by atoms with Gasteiger partial charge in [0, 0.05) is 19.6 Å². The summed E-state index contributed by atoms with van der Waals surface area (Å²) in [7, 11) is 0. The van der Waals surface area contributed by atoms with Crippen LogP contribution in [0.5, 0.6) is 0 Å². The van der Waals surface area contributed by atoms with E-state index in [1.165, 1.54) is 5.56 Å². The first kappa shape index (κ1) is 17.5. The lowest BCUT2D eigenvalue weighted by molar-refractivity contribution is -0.125. The fourth-order valence-corrected chi connectivity index (χ4v) is 3.58. The summed E-state index contributed by atoms with van der Waals surface area (Å²) >= 11 is 0. The van der Waals surface area contributed by atoms with Crippen LogP contribution in [0.15, 0.2) is 48.8 Å². The number of anilines is 1. The minimum atomic E-state index is 0.00823. The maximum absolute atomic E-state index is 12.6. The number of nitrogens with zero attached hydrogens (tertiary/aromatic N) is 5. The summed E-state index contributed by atoms with van der Waals surface area (Å²) in [6.45, 7) is 2.33. The molecule has 0 bridgehead atoms. The smallest absolute Gasteiger partial charge is 0.224 e. The van der Waals surface area contributed by atoms with Gasteiger partial charge in [0.1, 0.15) is 12.1 Å². The van der Waals surface area contributed by atoms with Crippen molar-refractivity contribution in [1.29, 1.82) is 0 Å². The highest BCUT2D eigenvalue weighted by Crippen LogP contribution is 2.22. The summed E-state index contributed by atoms with van der Waals surface area (Å²) in [6, 6.07) is 14.2. The molecule has 7 heteroatoms. The Balaban J connectivity index is 1.29. The Kier molecular flexibility index (Phi) is 5.27. The molecule has 3 aromatic rings. The van der Waals surface area contributed by atoms with Gasteiger partial charge in [-0.05, 0) is 43.4 Å². The summed E-state index contributed by atoms with van der Waals surface area (Å²) < 4.78 is 1.67. The van der Waals surface area contributed by atoms with Gasteiger partial charge in [-0.25, -0.2) is 0 Å². The molecule has 7 nitrogen and oxygen atoms in total. The van der Waals surface area contributed by atoms with E-state index in [1.54, 1.807) is 10.8 Å². The summed E-state index contributed by atoms with van der Waals surface area (Å²) in [5.41, 5.74) is 2.04. The van der Waals surface area contributed by atoms with Gasteiger partial charge in [0.2, 0.25) is 5.91 Å². The normalized spacial score (nSPS) is 17.2. The van der Waals surface area contributed by atoms with Gasteiger partial charge in [-0.2, -0.15) is 4.52 Å². The van der Waals surface area contributed by atoms with Gasteiger partial charge in [0.15, 0.2) is 5.65 Å². The van der Waals surface area contributed by atoms with Gasteiger partial charge < -0.3 is 10.2 Å². The first-order valence-electron chi connectivity index (χ1n) is 9.53. The molecule has 1 atom stereocenters. The van der Waals surface area contributed by atoms with Gasteiger partial charge in [-0.15, -0.1) is 15.3 Å². The average molecular weight is 364 g/mol. The lowest BCUT2D eigenvalue weighted by Crippen LogP contribution is -2.43. The average Bonchev–Trinajstić information content (AvgIpc) is 3.20. The Bertz CT molecular complexity index is 894. The van der Waals surface area contributed by atoms with Crippen molar-refractivity contribution in [3.05, 3.63) is 54.4 Å². The molecule has 140 valence electrons. The van der Waals surface area contributed by atoms with Crippen molar-refractivity contribution in [3.8, 4) is 0 Å². The van der Waals surface area contributed by atoms with Crippen molar-refractivity contribution in [3.63, 3.8) is 0 Å². The maximum Gasteiger partial charge on any atom is 0.224 e. The zero-order chi connectivity index (χ0) is 18.5. The van der Waals surface area contributed by atoms with Crippen LogP contribution >= 0.6 is 0 Å². The topological polar surface area (TPSA) is 75.4 Å². The van der Waals surface area contributed by atoms with E-state index in [4.69, 9.17) is 0 Å². The van der Waals surface area contributed by atoms with Crippen molar-refractivity contribution < 1.29 is 4.79 Å². The van der Waals surface area contributed by atoms with Crippen molar-refractivity contribution in [2.24, 2.45) is 5.92 Å². The van der Waals surface area contributed by atoms with Crippen molar-refractivity contribution in [2.45, 2.75) is 25.7 Å². The van der Waals surface area contributed by atoms with Crippen LogP contribution in [0.1, 0.15) is 24.8 Å². The van der Waals surface area contributed by atoms with Crippen LogP contribution in [-0.2, 0) is 11.2 Å². The van der Waals surface area contributed by atoms with Crippen LogP contribution in [-0.4, -0.2) is 45.4 Å². The highest BCUT2D eigenvalue weighted by Gasteiger charge is 2.26. The third-order valence-electron chi connectivity index (χ3n) is 5.05. The van der Waals surface area contributed by atoms with Crippen LogP contribution in [0.4, 0.5) is 5.82 Å². The third kappa shape index (κ3) is 4.24. The van der Waals surface area contributed by atoms with E-state index in [1.807, 2.05) is 18.2 Å². The lowest BCUT2D eigenvalue weighted by Gasteiger charge is -2.32. The summed E-state index contributed by atoms with van der Waals surface area (Å²) in [5, 5.41) is 15.5. The molecule has 2 aromatic heterocycles. The number of hydrogen-bond donors (Lipinski definition) is 1. The second-order valence-corrected chi connectivity index (χ2v) is 6.99. The fourth-order valence-electron chi connectivity index (χ4n) is 3.58. The molecule has 0 radical (unpaired) electrons. The maximum atomic E-state index is 12.6. The molecule has 1 aliphatic heterocycles. The molecule has 1 fully saturated rings. The van der Waals surface area contributed by atoms with Crippen molar-refractivity contribution >= 4 is 17.4 Å². The van der Waals surface area contributed by atoms with Crippen molar-refractivity contribution in [1.82, 2.24) is 25.1 Å². The first-order chi connectivity index (χ1) is 13.3. The summed E-state index contributed by atoms with van der Waals surface area (Å²) in [4.78, 5) is 14.8. The molecule has 27 heavy (non-hydrogen) atoms. The number of benzene rings is 1. The number of aromatic nitrogens is 4. The summed E-state index contributed by atoms with van der Waals surface area (Å²) in [5.74, 6) is 1.02. The van der Waals surface area contributed by atoms with E-state index in [0.717, 1.165) is 50.2 Å². The second kappa shape index (κ2) is 8.16. The number of amides is 1. The Morgan fingerprint density at radius 3 is 2.96 bits per heavy atom. The standard InChI is InChI=1S/C20H24N6O/c27-20(21-12-4-8-16-6-2-1-3-7-16)17-9-5-13-25(14-17)19-11-10-18-23-22-15-26(18)24-19/h1-3,6-7,10-11,15,17H,4-5,8-9,12-14H2,(H,21,27)/t17-/m0/s1. The Labute approximate surface area is 158 Å². The highest BCUT2D eigenvalue weighted by atomic mass is 16.1. The fraction of sp³-hybridized carbons (Fsp3) is 0.400. The van der Waals surface area contributed by atoms with Gasteiger partial charge in [-0.3, -0.25) is 4.79 Å². The number of fused-ring (bicyclic) bond motifs is 1. The number of nitrogens with one attached hydrogen (secondary N) is 1. The molecule has 0 spiro atoms. The van der Waals surface area contributed by atoms with Crippen molar-refractivity contribution in [2.75, 3.05) is 24.5 Å². The summed E-state index contributed by atoms with van der Waals surface area (Å²) in [6.07, 6.45) is 5.46. The molecule has 0 unspecified atom stereocenters. The molecule has 1 N–H and O–H groups in total. The molecular formula is C20H24N6O. The number of rotatable bonds is 6. The second-order valence-electron chi connectivity index (χ2n) is 6.99. The van der Waals surface area contributed by atoms with Crippen LogP contribution in [0.2, 0.25) is 0 Å². The first-order valence-corrected chi connectivity index (χ1v) is 9.53. The number of hydrogen-bond acceptors (Lipinski definition) is 5. The Morgan fingerprint density at radius 1 is 1.19 bits per heavy atom. The molecular weight excluding hydrogens is 340 g/mol. The van der Waals surface area contributed by atoms with E-state index >= 15 is 0 Å². The Morgan fingerprint density at radius 2 is 2.07 bits per heavy atom. The van der Waals surface area contributed by atoms with Gasteiger partial charge in [0.05, 0.1) is 5.92 Å². The molecule has 1 saturated heterocycles. The number of aryl methyl sites for hydroxylation is 1. The molecule has 0 saturated carbocycles. The molecule has 0 aliphatic carbocycles. The number of carbonyl (C=O) groups is 1. The quantitative estimate of drug-likeness (QED) is 0.678. The van der Waals surface area contributed by atoms with E-state index in [9.17, 15) is 4.79 Å². The Hall–Kier alpha value is -2.96. The molecule has 3 heterocycles. The zero-order valence-corrected chi connectivity index (χ0v) is 15.3. The van der Waals surface area contributed by atoms with E-state index in [-0.39, 0.29) is 11.8 Å². The minimum Gasteiger partial charge on any atom is -0.356 e. The van der Waals surface area contributed by atoms with Gasteiger partial charge in [-0.1, -0.05) is 30.3 Å². The third-order valence-corrected chi connectivity index (χ3v) is 5.05.